The summed E-state index contributed by atoms with van der Waals surface area (Å²) in [6.45, 7) is 3.98. The summed E-state index contributed by atoms with van der Waals surface area (Å²) in [5, 5.41) is 6.20. The highest BCUT2D eigenvalue weighted by atomic mass is 19.4. The number of nitrogens with zero attached hydrogens (tertiary/aromatic N) is 1. The van der Waals surface area contributed by atoms with Gasteiger partial charge in [0, 0.05) is 31.4 Å². The standard InChI is InChI=1S/C30H35F3N2O4/c1-4-34-27(37)39-35-17-18-5-7-19(8-6-18)24-16-28(2)25(13-14-29(28,38-3)30(31,32)33)23-11-9-20-15-21(36)10-12-22(20)26(23)24/h5-8,15,17,23-25H,4,9-14,16H2,1-3H3,(H,34,37)/b35-17+/t23?,24-,25?,28+,29+/m1/s1. The number of carbonyl (C=O) groups is 2. The number of fused-ring (bicyclic) bond motifs is 4. The second-order valence-corrected chi connectivity index (χ2v) is 11.4. The zero-order valence-electron chi connectivity index (χ0n) is 22.6. The van der Waals surface area contributed by atoms with Crippen molar-refractivity contribution in [2.75, 3.05) is 13.7 Å². The summed E-state index contributed by atoms with van der Waals surface area (Å²) >= 11 is 0. The van der Waals surface area contributed by atoms with E-state index >= 15 is 0 Å². The molecule has 0 saturated heterocycles. The zero-order valence-corrected chi connectivity index (χ0v) is 22.6. The number of oxime groups is 1. The number of allylic oxidation sites excluding steroid dienone is 4. The van der Waals surface area contributed by atoms with E-state index in [0.717, 1.165) is 24.0 Å². The molecule has 5 rings (SSSR count). The highest BCUT2D eigenvalue weighted by molar-refractivity contribution is 5.93. The molecule has 2 fully saturated rings. The highest BCUT2D eigenvalue weighted by Crippen LogP contribution is 2.70. The van der Waals surface area contributed by atoms with Crippen molar-refractivity contribution in [2.45, 2.75) is 76.5 Å². The Labute approximate surface area is 226 Å². The normalized spacial score (nSPS) is 32.4. The number of amides is 1. The summed E-state index contributed by atoms with van der Waals surface area (Å²) in [7, 11) is 1.20. The van der Waals surface area contributed by atoms with Gasteiger partial charge in [0.1, 0.15) is 0 Å². The van der Waals surface area contributed by atoms with Gasteiger partial charge in [0.15, 0.2) is 11.4 Å². The third-order valence-electron chi connectivity index (χ3n) is 9.66. The smallest absolute Gasteiger partial charge is 0.368 e. The number of hydrogen-bond acceptors (Lipinski definition) is 5. The number of ether oxygens (including phenoxy) is 1. The van der Waals surface area contributed by atoms with Crippen molar-refractivity contribution < 1.29 is 32.3 Å². The van der Waals surface area contributed by atoms with Crippen molar-refractivity contribution in [1.82, 2.24) is 5.32 Å². The molecule has 4 aliphatic carbocycles. The third kappa shape index (κ3) is 4.52. The van der Waals surface area contributed by atoms with Gasteiger partial charge >= 0.3 is 12.3 Å². The van der Waals surface area contributed by atoms with Crippen molar-refractivity contribution in [3.05, 3.63) is 58.2 Å². The molecule has 9 heteroatoms. The maximum Gasteiger partial charge on any atom is 0.433 e. The highest BCUT2D eigenvalue weighted by Gasteiger charge is 2.73. The van der Waals surface area contributed by atoms with Gasteiger partial charge in [-0.2, -0.15) is 13.2 Å². The van der Waals surface area contributed by atoms with E-state index in [1.807, 2.05) is 24.3 Å². The van der Waals surface area contributed by atoms with E-state index < -0.39 is 23.3 Å². The lowest BCUT2D eigenvalue weighted by atomic mass is 9.51. The summed E-state index contributed by atoms with van der Waals surface area (Å²) in [6, 6.07) is 7.52. The molecule has 2 saturated carbocycles. The van der Waals surface area contributed by atoms with Gasteiger partial charge in [-0.3, -0.25) is 9.63 Å². The van der Waals surface area contributed by atoms with E-state index in [9.17, 15) is 22.8 Å². The van der Waals surface area contributed by atoms with Crippen LogP contribution in [-0.2, 0) is 14.4 Å². The first kappa shape index (κ1) is 27.6. The Bertz CT molecular complexity index is 1240. The molecule has 1 amide bonds. The molecule has 210 valence electrons. The summed E-state index contributed by atoms with van der Waals surface area (Å²) in [5.41, 5.74) is 1.81. The van der Waals surface area contributed by atoms with Gasteiger partial charge in [0.05, 0.1) is 6.21 Å². The summed E-state index contributed by atoms with van der Waals surface area (Å²) in [6.07, 6.45) is 1.34. The van der Waals surface area contributed by atoms with Crippen LogP contribution in [0.25, 0.3) is 0 Å². The molecule has 0 heterocycles. The molecule has 6 nitrogen and oxygen atoms in total. The molecular formula is C30H35F3N2O4. The molecule has 39 heavy (non-hydrogen) atoms. The maximum atomic E-state index is 14.7. The topological polar surface area (TPSA) is 77.0 Å². The number of halogens is 3. The fraction of sp³-hybridized carbons (Fsp3) is 0.567. The van der Waals surface area contributed by atoms with Crippen LogP contribution in [0.4, 0.5) is 18.0 Å². The van der Waals surface area contributed by atoms with Crippen molar-refractivity contribution in [3.63, 3.8) is 0 Å². The van der Waals surface area contributed by atoms with E-state index in [1.165, 1.54) is 24.5 Å². The molecule has 0 spiro atoms. The Morgan fingerprint density at radius 2 is 1.92 bits per heavy atom. The van der Waals surface area contributed by atoms with Gasteiger partial charge in [0.2, 0.25) is 0 Å². The van der Waals surface area contributed by atoms with E-state index in [4.69, 9.17) is 9.57 Å². The van der Waals surface area contributed by atoms with Crippen LogP contribution in [0, 0.1) is 17.3 Å². The second-order valence-electron chi connectivity index (χ2n) is 11.4. The molecular weight excluding hydrogens is 509 g/mol. The van der Waals surface area contributed by atoms with Crippen LogP contribution in [0.5, 0.6) is 0 Å². The lowest BCUT2D eigenvalue weighted by Gasteiger charge is -2.55. The first-order valence-electron chi connectivity index (χ1n) is 13.7. The van der Waals surface area contributed by atoms with Crippen molar-refractivity contribution in [2.24, 2.45) is 22.4 Å². The fourth-order valence-electron chi connectivity index (χ4n) is 7.99. The van der Waals surface area contributed by atoms with Gasteiger partial charge in [-0.25, -0.2) is 4.79 Å². The molecule has 0 aromatic heterocycles. The van der Waals surface area contributed by atoms with Gasteiger partial charge in [0.25, 0.3) is 0 Å². The minimum atomic E-state index is -4.48. The van der Waals surface area contributed by atoms with Crippen LogP contribution < -0.4 is 5.32 Å². The number of methoxy groups -OCH3 is 1. The molecule has 0 radical (unpaired) electrons. The number of alkyl halides is 3. The molecule has 1 aromatic rings. The Balaban J connectivity index is 1.55. The molecule has 1 aromatic carbocycles. The molecule has 0 aliphatic heterocycles. The van der Waals surface area contributed by atoms with Gasteiger partial charge in [-0.05, 0) is 85.6 Å². The molecule has 4 aliphatic rings. The predicted molar refractivity (Wildman–Crippen MR) is 140 cm³/mol. The second kappa shape index (κ2) is 10.2. The summed E-state index contributed by atoms with van der Waals surface area (Å²) < 4.78 is 49.7. The van der Waals surface area contributed by atoms with Crippen LogP contribution in [0.2, 0.25) is 0 Å². The molecule has 5 atom stereocenters. The minimum absolute atomic E-state index is 0.0141. The van der Waals surface area contributed by atoms with E-state index in [2.05, 4.69) is 10.5 Å². The van der Waals surface area contributed by atoms with E-state index in [0.29, 0.717) is 37.8 Å². The van der Waals surface area contributed by atoms with Crippen LogP contribution >= 0.6 is 0 Å². The number of benzene rings is 1. The molecule has 2 unspecified atom stereocenters. The lowest BCUT2D eigenvalue weighted by molar-refractivity contribution is -0.308. The maximum absolute atomic E-state index is 14.7. The first-order chi connectivity index (χ1) is 18.5. The van der Waals surface area contributed by atoms with E-state index in [-0.39, 0.29) is 30.0 Å². The van der Waals surface area contributed by atoms with Crippen LogP contribution in [-0.4, -0.2) is 43.5 Å². The quantitative estimate of drug-likeness (QED) is 0.257. The lowest BCUT2D eigenvalue weighted by Crippen LogP contribution is -2.60. The van der Waals surface area contributed by atoms with Gasteiger partial charge in [-0.1, -0.05) is 41.9 Å². The Hall–Kier alpha value is -2.94. The number of nitrogens with one attached hydrogen (secondary N) is 1. The number of ketones is 1. The van der Waals surface area contributed by atoms with E-state index in [1.54, 1.807) is 19.9 Å². The predicted octanol–water partition coefficient (Wildman–Crippen LogP) is 6.61. The third-order valence-corrected chi connectivity index (χ3v) is 9.66. The summed E-state index contributed by atoms with van der Waals surface area (Å²) in [5.74, 6) is -0.231. The fourth-order valence-corrected chi connectivity index (χ4v) is 7.99. The Morgan fingerprint density at radius 1 is 1.18 bits per heavy atom. The average molecular weight is 545 g/mol. The van der Waals surface area contributed by atoms with Crippen molar-refractivity contribution >= 4 is 18.1 Å². The number of carbonyl (C=O) groups excluding carboxylic acids is 2. The molecule has 0 bridgehead atoms. The average Bonchev–Trinajstić information content (AvgIpc) is 3.21. The van der Waals surface area contributed by atoms with Gasteiger partial charge in [-0.15, -0.1) is 0 Å². The Morgan fingerprint density at radius 3 is 2.59 bits per heavy atom. The zero-order chi connectivity index (χ0) is 28.0. The number of hydrogen-bond donors (Lipinski definition) is 1. The molecule has 1 N–H and O–H groups in total. The largest absolute Gasteiger partial charge is 0.433 e. The summed E-state index contributed by atoms with van der Waals surface area (Å²) in [4.78, 5) is 28.4. The van der Waals surface area contributed by atoms with Crippen LogP contribution in [0.15, 0.2) is 52.2 Å². The monoisotopic (exact) mass is 544 g/mol. The van der Waals surface area contributed by atoms with Crippen LogP contribution in [0.3, 0.4) is 0 Å². The van der Waals surface area contributed by atoms with Crippen molar-refractivity contribution in [1.29, 1.82) is 0 Å². The Kier molecular flexibility index (Phi) is 7.24. The van der Waals surface area contributed by atoms with Crippen molar-refractivity contribution in [3.8, 4) is 0 Å². The SMILES string of the molecule is CCNC(=O)O/N=C/c1ccc([C@H]2C[C@@]3(C)C(CC[C@@]3(OC)C(F)(F)F)C3CCC4=CC(=O)CCC4=C32)cc1. The number of rotatable bonds is 5. The van der Waals surface area contributed by atoms with Crippen LogP contribution in [0.1, 0.15) is 75.8 Å². The van der Waals surface area contributed by atoms with Gasteiger partial charge < -0.3 is 10.1 Å². The first-order valence-corrected chi connectivity index (χ1v) is 13.7. The minimum Gasteiger partial charge on any atom is -0.368 e.